The van der Waals surface area contributed by atoms with Crippen LogP contribution in [0.2, 0.25) is 0 Å². The lowest BCUT2D eigenvalue weighted by atomic mass is 9.92. The number of unbranched alkanes of at least 4 members (excludes halogenated alkanes) is 1. The summed E-state index contributed by atoms with van der Waals surface area (Å²) in [6, 6.07) is 8.13. The Balaban J connectivity index is 0.00000154. The van der Waals surface area contributed by atoms with Gasteiger partial charge in [-0.15, -0.1) is 0 Å². The number of aliphatic hydroxyl groups excluding tert-OH is 1. The number of anilines is 1. The number of hydrogen-bond donors (Lipinski definition) is 2. The number of nitrogens with two attached hydrogens (primary N) is 1. The fraction of sp³-hybridized carbons (Fsp3) is 0.567. The second kappa shape index (κ2) is 16.2. The summed E-state index contributed by atoms with van der Waals surface area (Å²) in [5, 5.41) is 9.20. The third-order valence-corrected chi connectivity index (χ3v) is 6.32. The molecule has 36 heavy (non-hydrogen) atoms. The van der Waals surface area contributed by atoms with E-state index in [1.165, 1.54) is 0 Å². The molecule has 6 heteroatoms. The number of hydrogen-bond acceptors (Lipinski definition) is 4. The van der Waals surface area contributed by atoms with E-state index in [0.717, 1.165) is 66.0 Å². The van der Waals surface area contributed by atoms with E-state index in [1.807, 2.05) is 39.8 Å². The van der Waals surface area contributed by atoms with E-state index >= 15 is 0 Å². The molecule has 3 N–H and O–H groups in total. The SMILES string of the molecule is CC.CC.CCC/C=C1\C(C(N)=O)=C2CCCC2=C(N(CC)CCC(F)CO)N1c1ccccc1C. The van der Waals surface area contributed by atoms with Crippen LogP contribution in [0.15, 0.2) is 58.6 Å². The Morgan fingerprint density at radius 1 is 1.17 bits per heavy atom. The summed E-state index contributed by atoms with van der Waals surface area (Å²) in [6.45, 7) is 14.9. The van der Waals surface area contributed by atoms with Crippen molar-refractivity contribution in [2.24, 2.45) is 5.73 Å². The second-order valence-electron chi connectivity index (χ2n) is 8.52. The number of fused-ring (bicyclic) bond motifs is 1. The zero-order valence-electron chi connectivity index (χ0n) is 23.5. The molecule has 1 aromatic rings. The van der Waals surface area contributed by atoms with Gasteiger partial charge in [-0.05, 0) is 68.7 Å². The van der Waals surface area contributed by atoms with Gasteiger partial charge in [-0.2, -0.15) is 0 Å². The first-order valence-electron chi connectivity index (χ1n) is 13.8. The molecular weight excluding hydrogens is 453 g/mol. The molecule has 0 bridgehead atoms. The van der Waals surface area contributed by atoms with Gasteiger partial charge < -0.3 is 15.7 Å². The Labute approximate surface area is 218 Å². The third-order valence-electron chi connectivity index (χ3n) is 6.32. The first-order valence-corrected chi connectivity index (χ1v) is 13.8. The van der Waals surface area contributed by atoms with Crippen molar-refractivity contribution in [1.29, 1.82) is 0 Å². The molecular formula is C30H48FN3O2. The van der Waals surface area contributed by atoms with Gasteiger partial charge in [0.1, 0.15) is 12.0 Å². The second-order valence-corrected chi connectivity index (χ2v) is 8.52. The van der Waals surface area contributed by atoms with Crippen molar-refractivity contribution in [1.82, 2.24) is 4.90 Å². The number of allylic oxidation sites excluding steroid dienone is 3. The first-order chi connectivity index (χ1) is 17.4. The average Bonchev–Trinajstić information content (AvgIpc) is 3.39. The Kier molecular flexibility index (Phi) is 14.1. The molecule has 1 aromatic carbocycles. The van der Waals surface area contributed by atoms with Gasteiger partial charge in [-0.1, -0.05) is 65.3 Å². The lowest BCUT2D eigenvalue weighted by molar-refractivity contribution is -0.114. The number of halogens is 1. The predicted molar refractivity (Wildman–Crippen MR) is 150 cm³/mol. The van der Waals surface area contributed by atoms with Crippen LogP contribution >= 0.6 is 0 Å². The van der Waals surface area contributed by atoms with Crippen LogP contribution in [0.3, 0.4) is 0 Å². The highest BCUT2D eigenvalue weighted by Crippen LogP contribution is 2.47. The standard InChI is InChI=1S/C26H36FN3O2.2C2H6/c1-4-6-13-23-24(25(28)32)20-11-9-12-21(20)26(29(5-2)16-15-19(27)17-31)30(23)22-14-8-7-10-18(22)3;2*1-2/h7-8,10,13-14,19,31H,4-6,9,11-12,15-17H2,1-3H3,(H2,28,32);2*1-2H3/b23-13+;;. The van der Waals surface area contributed by atoms with Crippen molar-refractivity contribution in [3.8, 4) is 0 Å². The minimum Gasteiger partial charge on any atom is -0.393 e. The highest BCUT2D eigenvalue weighted by Gasteiger charge is 2.38. The van der Waals surface area contributed by atoms with E-state index in [4.69, 9.17) is 5.73 Å². The predicted octanol–water partition coefficient (Wildman–Crippen LogP) is 6.77. The maximum Gasteiger partial charge on any atom is 0.251 e. The number of alkyl halides is 1. The number of primary amides is 1. The van der Waals surface area contributed by atoms with Crippen LogP contribution in [-0.2, 0) is 4.79 Å². The van der Waals surface area contributed by atoms with Crippen molar-refractivity contribution in [2.45, 2.75) is 93.2 Å². The molecule has 202 valence electrons. The smallest absolute Gasteiger partial charge is 0.251 e. The summed E-state index contributed by atoms with van der Waals surface area (Å²) in [5.41, 5.74) is 11.7. The molecule has 1 unspecified atom stereocenters. The lowest BCUT2D eigenvalue weighted by Crippen LogP contribution is -2.42. The van der Waals surface area contributed by atoms with Gasteiger partial charge in [-0.25, -0.2) is 4.39 Å². The fourth-order valence-corrected chi connectivity index (χ4v) is 4.72. The maximum absolute atomic E-state index is 14.0. The van der Waals surface area contributed by atoms with Gasteiger partial charge in [0.15, 0.2) is 0 Å². The van der Waals surface area contributed by atoms with Crippen molar-refractivity contribution >= 4 is 11.6 Å². The lowest BCUT2D eigenvalue weighted by Gasteiger charge is -2.42. The molecule has 1 amide bonds. The van der Waals surface area contributed by atoms with E-state index in [-0.39, 0.29) is 6.42 Å². The summed E-state index contributed by atoms with van der Waals surface area (Å²) in [4.78, 5) is 17.1. The third kappa shape index (κ3) is 7.22. The molecule has 1 fully saturated rings. The van der Waals surface area contributed by atoms with Crippen molar-refractivity contribution in [3.63, 3.8) is 0 Å². The number of rotatable bonds is 10. The number of carbonyl (C=O) groups excluding carboxylic acids is 1. The van der Waals surface area contributed by atoms with Crippen LogP contribution in [0.4, 0.5) is 10.1 Å². The zero-order valence-corrected chi connectivity index (χ0v) is 23.5. The Bertz CT molecular complexity index is 936. The number of nitrogens with zero attached hydrogens (tertiary/aromatic N) is 2. The highest BCUT2D eigenvalue weighted by molar-refractivity contribution is 6.01. The van der Waals surface area contributed by atoms with E-state index in [9.17, 15) is 14.3 Å². The van der Waals surface area contributed by atoms with Crippen LogP contribution in [-0.4, -0.2) is 41.8 Å². The molecule has 0 radical (unpaired) electrons. The van der Waals surface area contributed by atoms with Crippen molar-refractivity contribution in [3.05, 3.63) is 64.1 Å². The minimum atomic E-state index is -1.25. The van der Waals surface area contributed by atoms with Gasteiger partial charge >= 0.3 is 0 Å². The minimum absolute atomic E-state index is 0.248. The van der Waals surface area contributed by atoms with Crippen molar-refractivity contribution in [2.75, 3.05) is 24.6 Å². The molecule has 0 saturated heterocycles. The van der Waals surface area contributed by atoms with Gasteiger partial charge in [0.05, 0.1) is 23.6 Å². The Morgan fingerprint density at radius 2 is 1.81 bits per heavy atom. The van der Waals surface area contributed by atoms with Crippen molar-refractivity contribution < 1.29 is 14.3 Å². The number of carbonyl (C=O) groups is 1. The topological polar surface area (TPSA) is 69.8 Å². The number of aryl methyl sites for hydroxylation is 1. The summed E-state index contributed by atoms with van der Waals surface area (Å²) in [7, 11) is 0. The summed E-state index contributed by atoms with van der Waals surface area (Å²) >= 11 is 0. The monoisotopic (exact) mass is 501 g/mol. The molecule has 1 atom stereocenters. The molecule has 1 aliphatic heterocycles. The maximum atomic E-state index is 14.0. The van der Waals surface area contributed by atoms with E-state index in [1.54, 1.807) is 0 Å². The van der Waals surface area contributed by atoms with Crippen LogP contribution in [0, 0.1) is 6.92 Å². The average molecular weight is 502 g/mol. The molecule has 0 aromatic heterocycles. The Hall–Kier alpha value is -2.60. The molecule has 3 rings (SSSR count). The first kappa shape index (κ1) is 31.4. The number of amides is 1. The number of para-hydroxylation sites is 1. The van der Waals surface area contributed by atoms with E-state index in [0.29, 0.717) is 18.7 Å². The quantitative estimate of drug-likeness (QED) is 0.371. The van der Waals surface area contributed by atoms with Gasteiger partial charge in [-0.3, -0.25) is 9.69 Å². The largest absolute Gasteiger partial charge is 0.393 e. The van der Waals surface area contributed by atoms with E-state index in [2.05, 4.69) is 48.8 Å². The molecule has 5 nitrogen and oxygen atoms in total. The van der Waals surface area contributed by atoms with Crippen LogP contribution in [0.5, 0.6) is 0 Å². The van der Waals surface area contributed by atoms with Gasteiger partial charge in [0.2, 0.25) is 0 Å². The summed E-state index contributed by atoms with van der Waals surface area (Å²) in [5.74, 6) is 0.623. The van der Waals surface area contributed by atoms with E-state index < -0.39 is 18.7 Å². The zero-order chi connectivity index (χ0) is 27.3. The van der Waals surface area contributed by atoms with Gasteiger partial charge in [0, 0.05) is 13.1 Å². The normalized spacial score (nSPS) is 16.7. The number of aliphatic hydroxyl groups is 1. The summed E-state index contributed by atoms with van der Waals surface area (Å²) < 4.78 is 14.0. The summed E-state index contributed by atoms with van der Waals surface area (Å²) in [6.07, 6.45) is 5.55. The number of benzene rings is 1. The molecule has 1 saturated carbocycles. The molecule has 2 aliphatic rings. The molecule has 1 heterocycles. The van der Waals surface area contributed by atoms with Crippen LogP contribution in [0.25, 0.3) is 0 Å². The van der Waals surface area contributed by atoms with Gasteiger partial charge in [0.25, 0.3) is 5.91 Å². The molecule has 1 aliphatic carbocycles. The van der Waals surface area contributed by atoms with Crippen LogP contribution < -0.4 is 10.6 Å². The molecule has 0 spiro atoms. The highest BCUT2D eigenvalue weighted by atomic mass is 19.1. The fourth-order valence-electron chi connectivity index (χ4n) is 4.72. The van der Waals surface area contributed by atoms with Crippen LogP contribution in [0.1, 0.15) is 85.6 Å². The Morgan fingerprint density at radius 3 is 2.36 bits per heavy atom.